The second kappa shape index (κ2) is 11.3. The molecule has 1 atom stereocenters. The molecule has 0 spiro atoms. The van der Waals surface area contributed by atoms with E-state index in [2.05, 4.69) is 19.2 Å². The van der Waals surface area contributed by atoms with Crippen LogP contribution in [-0.4, -0.2) is 29.6 Å². The van der Waals surface area contributed by atoms with Gasteiger partial charge in [0.15, 0.2) is 0 Å². The standard InChI is InChI=1S/C24H38N2O4/c1-6-11-20-18(7-2)14-19(22(27)25-21(16(3)4)24(29)30-5)23(28)26(20)15-17-12-9-8-10-13-17/h14,16-17,21H,6-13,15H2,1-5H3,(H,25,27)/t21-/m0/s1. The fourth-order valence-electron chi connectivity index (χ4n) is 4.43. The summed E-state index contributed by atoms with van der Waals surface area (Å²) in [6.07, 6.45) is 8.47. The van der Waals surface area contributed by atoms with E-state index in [0.717, 1.165) is 43.4 Å². The summed E-state index contributed by atoms with van der Waals surface area (Å²) in [5.74, 6) is -0.664. The Morgan fingerprint density at radius 3 is 2.40 bits per heavy atom. The lowest BCUT2D eigenvalue weighted by Crippen LogP contribution is -2.47. The van der Waals surface area contributed by atoms with Gasteiger partial charge in [-0.15, -0.1) is 0 Å². The molecule has 1 saturated carbocycles. The molecule has 0 aromatic carbocycles. The van der Waals surface area contributed by atoms with Crippen molar-refractivity contribution in [2.75, 3.05) is 7.11 Å². The van der Waals surface area contributed by atoms with Crippen molar-refractivity contribution in [1.82, 2.24) is 9.88 Å². The number of carbonyl (C=O) groups is 2. The van der Waals surface area contributed by atoms with Gasteiger partial charge in [-0.2, -0.15) is 0 Å². The molecule has 1 N–H and O–H groups in total. The number of hydrogen-bond acceptors (Lipinski definition) is 4. The molecule has 30 heavy (non-hydrogen) atoms. The van der Waals surface area contributed by atoms with Gasteiger partial charge in [-0.1, -0.05) is 53.4 Å². The minimum absolute atomic E-state index is 0.122. The highest BCUT2D eigenvalue weighted by Gasteiger charge is 2.28. The van der Waals surface area contributed by atoms with Gasteiger partial charge in [0.05, 0.1) is 7.11 Å². The Hall–Kier alpha value is -2.11. The van der Waals surface area contributed by atoms with E-state index in [1.807, 2.05) is 18.4 Å². The van der Waals surface area contributed by atoms with Crippen molar-refractivity contribution in [3.05, 3.63) is 33.2 Å². The number of aryl methyl sites for hydroxylation is 1. The number of pyridine rings is 1. The minimum atomic E-state index is -0.783. The van der Waals surface area contributed by atoms with Gasteiger partial charge in [-0.3, -0.25) is 9.59 Å². The van der Waals surface area contributed by atoms with E-state index in [0.29, 0.717) is 12.5 Å². The van der Waals surface area contributed by atoms with Crippen molar-refractivity contribution < 1.29 is 14.3 Å². The first kappa shape index (κ1) is 24.2. The Labute approximate surface area is 180 Å². The zero-order valence-corrected chi connectivity index (χ0v) is 19.3. The number of amides is 1. The molecule has 0 unspecified atom stereocenters. The molecule has 1 fully saturated rings. The number of hydrogen-bond donors (Lipinski definition) is 1. The molecule has 0 radical (unpaired) electrons. The number of ether oxygens (including phenoxy) is 1. The number of aromatic nitrogens is 1. The summed E-state index contributed by atoms with van der Waals surface area (Å²) in [6.45, 7) is 8.51. The van der Waals surface area contributed by atoms with E-state index in [-0.39, 0.29) is 17.0 Å². The first-order valence-corrected chi connectivity index (χ1v) is 11.5. The number of methoxy groups -OCH3 is 1. The molecule has 6 heteroatoms. The molecule has 1 aromatic rings. The van der Waals surface area contributed by atoms with Gasteiger partial charge in [0.2, 0.25) is 0 Å². The second-order valence-electron chi connectivity index (χ2n) is 8.77. The lowest BCUT2D eigenvalue weighted by atomic mass is 9.89. The predicted octanol–water partition coefficient (Wildman–Crippen LogP) is 3.87. The molecule has 2 rings (SSSR count). The smallest absolute Gasteiger partial charge is 0.328 e. The van der Waals surface area contributed by atoms with Gasteiger partial charge in [0.25, 0.3) is 11.5 Å². The Kier molecular flexibility index (Phi) is 9.12. The molecule has 1 heterocycles. The lowest BCUT2D eigenvalue weighted by Gasteiger charge is -2.26. The van der Waals surface area contributed by atoms with E-state index >= 15 is 0 Å². The summed E-state index contributed by atoms with van der Waals surface area (Å²) in [5.41, 5.74) is 1.97. The van der Waals surface area contributed by atoms with Crippen LogP contribution in [0.4, 0.5) is 0 Å². The van der Waals surface area contributed by atoms with Gasteiger partial charge in [-0.05, 0) is 49.1 Å². The van der Waals surface area contributed by atoms with E-state index in [4.69, 9.17) is 4.74 Å². The fourth-order valence-corrected chi connectivity index (χ4v) is 4.43. The van der Waals surface area contributed by atoms with Gasteiger partial charge in [-0.25, -0.2) is 4.79 Å². The normalized spacial score (nSPS) is 15.8. The van der Waals surface area contributed by atoms with Gasteiger partial charge < -0.3 is 14.6 Å². The lowest BCUT2D eigenvalue weighted by molar-refractivity contribution is -0.144. The monoisotopic (exact) mass is 418 g/mol. The average Bonchev–Trinajstić information content (AvgIpc) is 2.74. The average molecular weight is 419 g/mol. The quantitative estimate of drug-likeness (QED) is 0.618. The van der Waals surface area contributed by atoms with Crippen molar-refractivity contribution in [3.63, 3.8) is 0 Å². The maximum atomic E-state index is 13.4. The van der Waals surface area contributed by atoms with Crippen LogP contribution in [0, 0.1) is 11.8 Å². The zero-order valence-electron chi connectivity index (χ0n) is 19.3. The number of nitrogens with one attached hydrogen (secondary N) is 1. The van der Waals surface area contributed by atoms with E-state index in [9.17, 15) is 14.4 Å². The molecule has 168 valence electrons. The largest absolute Gasteiger partial charge is 0.467 e. The Morgan fingerprint density at radius 1 is 1.20 bits per heavy atom. The van der Waals surface area contributed by atoms with Gasteiger partial charge in [0.1, 0.15) is 11.6 Å². The number of carbonyl (C=O) groups excluding carboxylic acids is 2. The Bertz CT molecular complexity index is 791. The van der Waals surface area contributed by atoms with Crippen LogP contribution in [0.15, 0.2) is 10.9 Å². The van der Waals surface area contributed by atoms with Crippen LogP contribution in [0.25, 0.3) is 0 Å². The highest BCUT2D eigenvalue weighted by Crippen LogP contribution is 2.26. The molecular formula is C24H38N2O4. The third-order valence-electron chi connectivity index (χ3n) is 6.18. The van der Waals surface area contributed by atoms with Crippen LogP contribution in [0.5, 0.6) is 0 Å². The number of rotatable bonds is 9. The third kappa shape index (κ3) is 5.73. The fraction of sp³-hybridized carbons (Fsp3) is 0.708. The first-order chi connectivity index (χ1) is 14.3. The SMILES string of the molecule is CCCc1c(CC)cc(C(=O)N[C@H](C(=O)OC)C(C)C)c(=O)n1CC1CCCCC1. The number of nitrogens with zero attached hydrogens (tertiary/aromatic N) is 1. The minimum Gasteiger partial charge on any atom is -0.467 e. The topological polar surface area (TPSA) is 77.4 Å². The summed E-state index contributed by atoms with van der Waals surface area (Å²) in [7, 11) is 1.30. The summed E-state index contributed by atoms with van der Waals surface area (Å²) in [6, 6.07) is 0.948. The second-order valence-corrected chi connectivity index (χ2v) is 8.77. The van der Waals surface area contributed by atoms with Gasteiger partial charge >= 0.3 is 5.97 Å². The summed E-state index contributed by atoms with van der Waals surface area (Å²) in [4.78, 5) is 38.6. The maximum absolute atomic E-state index is 13.4. The Morgan fingerprint density at radius 2 is 1.87 bits per heavy atom. The summed E-state index contributed by atoms with van der Waals surface area (Å²) < 4.78 is 6.68. The summed E-state index contributed by atoms with van der Waals surface area (Å²) >= 11 is 0. The summed E-state index contributed by atoms with van der Waals surface area (Å²) in [5, 5.41) is 2.73. The zero-order chi connectivity index (χ0) is 22.3. The molecule has 0 saturated heterocycles. The van der Waals surface area contributed by atoms with Crippen LogP contribution >= 0.6 is 0 Å². The molecule has 0 bridgehead atoms. The van der Waals surface area contributed by atoms with Gasteiger partial charge in [0, 0.05) is 12.2 Å². The van der Waals surface area contributed by atoms with Crippen molar-refractivity contribution >= 4 is 11.9 Å². The van der Waals surface area contributed by atoms with E-state index in [1.165, 1.54) is 26.4 Å². The van der Waals surface area contributed by atoms with Crippen LogP contribution in [0.1, 0.15) is 87.8 Å². The predicted molar refractivity (Wildman–Crippen MR) is 119 cm³/mol. The van der Waals surface area contributed by atoms with Crippen molar-refractivity contribution in [3.8, 4) is 0 Å². The molecule has 1 amide bonds. The molecule has 1 aromatic heterocycles. The van der Waals surface area contributed by atoms with Crippen molar-refractivity contribution in [2.45, 2.75) is 91.6 Å². The molecule has 0 aliphatic heterocycles. The first-order valence-electron chi connectivity index (χ1n) is 11.5. The van der Waals surface area contributed by atoms with Crippen molar-refractivity contribution in [2.24, 2.45) is 11.8 Å². The number of esters is 1. The molecule has 1 aliphatic carbocycles. The molecule has 6 nitrogen and oxygen atoms in total. The Balaban J connectivity index is 2.46. The highest BCUT2D eigenvalue weighted by atomic mass is 16.5. The molecule has 1 aliphatic rings. The molecular weight excluding hydrogens is 380 g/mol. The van der Waals surface area contributed by atoms with Crippen LogP contribution in [0.3, 0.4) is 0 Å². The maximum Gasteiger partial charge on any atom is 0.328 e. The van der Waals surface area contributed by atoms with Crippen molar-refractivity contribution in [1.29, 1.82) is 0 Å². The van der Waals surface area contributed by atoms with Crippen LogP contribution in [0.2, 0.25) is 0 Å². The van der Waals surface area contributed by atoms with Crippen LogP contribution < -0.4 is 10.9 Å². The third-order valence-corrected chi connectivity index (χ3v) is 6.18. The van der Waals surface area contributed by atoms with E-state index < -0.39 is 17.9 Å². The van der Waals surface area contributed by atoms with Crippen LogP contribution in [-0.2, 0) is 28.9 Å². The van der Waals surface area contributed by atoms with E-state index in [1.54, 1.807) is 6.07 Å². The highest BCUT2D eigenvalue weighted by molar-refractivity contribution is 5.96.